The third kappa shape index (κ3) is 2.07. The lowest BCUT2D eigenvalue weighted by Crippen LogP contribution is -2.12. The summed E-state index contributed by atoms with van der Waals surface area (Å²) in [6.07, 6.45) is 2.36. The molecule has 0 spiro atoms. The summed E-state index contributed by atoms with van der Waals surface area (Å²) >= 11 is 0. The average molecular weight is 273 g/mol. The van der Waals surface area contributed by atoms with Crippen LogP contribution in [0.25, 0.3) is 6.08 Å². The Morgan fingerprint density at radius 1 is 1.29 bits per heavy atom. The Bertz CT molecular complexity index is 715. The van der Waals surface area contributed by atoms with E-state index in [4.69, 9.17) is 5.73 Å². The highest BCUT2D eigenvalue weighted by Gasteiger charge is 2.33. The summed E-state index contributed by atoms with van der Waals surface area (Å²) < 4.78 is 46.5. The summed E-state index contributed by atoms with van der Waals surface area (Å²) in [7, 11) is -7.15. The number of hydrogen-bond acceptors (Lipinski definition) is 5. The van der Waals surface area contributed by atoms with Crippen LogP contribution in [0.1, 0.15) is 5.56 Å². The molecule has 92 valence electrons. The van der Waals surface area contributed by atoms with E-state index in [0.29, 0.717) is 5.56 Å². The zero-order chi connectivity index (χ0) is 12.8. The van der Waals surface area contributed by atoms with E-state index in [0.717, 1.165) is 6.26 Å². The standard InChI is InChI=1S/C10H11NO4S2/c1-16(12,13)6-8-5-7-3-2-4-9(11)10(7)17(8,14)15/h2-5H,6,11H2,1H3. The quantitative estimate of drug-likeness (QED) is 0.789. The highest BCUT2D eigenvalue weighted by molar-refractivity contribution is 7.98. The second kappa shape index (κ2) is 3.58. The Balaban J connectivity index is 2.62. The van der Waals surface area contributed by atoms with Crippen molar-refractivity contribution >= 4 is 31.4 Å². The van der Waals surface area contributed by atoms with Crippen LogP contribution in [0.4, 0.5) is 5.69 Å². The summed E-state index contributed by atoms with van der Waals surface area (Å²) in [5, 5.41) is 0. The van der Waals surface area contributed by atoms with Crippen LogP contribution in [0, 0.1) is 0 Å². The van der Waals surface area contributed by atoms with Gasteiger partial charge in [0.1, 0.15) is 4.90 Å². The van der Waals surface area contributed by atoms with Crippen LogP contribution in [0.3, 0.4) is 0 Å². The fourth-order valence-corrected chi connectivity index (χ4v) is 4.98. The number of hydrogen-bond donors (Lipinski definition) is 1. The zero-order valence-corrected chi connectivity index (χ0v) is 10.7. The van der Waals surface area contributed by atoms with Crippen LogP contribution in [0.2, 0.25) is 0 Å². The maximum absolute atomic E-state index is 12.1. The third-order valence-corrected chi connectivity index (χ3v) is 5.39. The monoisotopic (exact) mass is 273 g/mol. The van der Waals surface area contributed by atoms with E-state index in [-0.39, 0.29) is 15.5 Å². The van der Waals surface area contributed by atoms with Crippen molar-refractivity contribution < 1.29 is 16.8 Å². The van der Waals surface area contributed by atoms with Crippen LogP contribution in [0.15, 0.2) is 28.0 Å². The predicted octanol–water partition coefficient (Wildman–Crippen LogP) is 0.442. The number of nitrogen functional groups attached to an aromatic ring is 1. The molecule has 1 heterocycles. The first-order valence-corrected chi connectivity index (χ1v) is 8.28. The van der Waals surface area contributed by atoms with Gasteiger partial charge in [0, 0.05) is 6.26 Å². The largest absolute Gasteiger partial charge is 0.398 e. The van der Waals surface area contributed by atoms with E-state index in [1.807, 2.05) is 0 Å². The molecule has 0 saturated carbocycles. The van der Waals surface area contributed by atoms with Gasteiger partial charge in [-0.05, 0) is 17.7 Å². The molecule has 0 unspecified atom stereocenters. The molecule has 5 nitrogen and oxygen atoms in total. The molecular formula is C10H11NO4S2. The van der Waals surface area contributed by atoms with Crippen molar-refractivity contribution in [1.29, 1.82) is 0 Å². The molecule has 7 heteroatoms. The average Bonchev–Trinajstić information content (AvgIpc) is 2.37. The normalized spacial score (nSPS) is 17.6. The molecule has 0 aromatic heterocycles. The third-order valence-electron chi connectivity index (χ3n) is 2.41. The maximum Gasteiger partial charge on any atom is 0.206 e. The molecule has 1 aliphatic heterocycles. The number of fused-ring (bicyclic) bond motifs is 1. The number of rotatable bonds is 2. The van der Waals surface area contributed by atoms with Crippen LogP contribution in [0.5, 0.6) is 0 Å². The van der Waals surface area contributed by atoms with Crippen molar-refractivity contribution in [2.75, 3.05) is 17.7 Å². The van der Waals surface area contributed by atoms with Gasteiger partial charge in [0.05, 0.1) is 16.3 Å². The van der Waals surface area contributed by atoms with Crippen molar-refractivity contribution in [2.24, 2.45) is 0 Å². The predicted molar refractivity (Wildman–Crippen MR) is 65.7 cm³/mol. The number of nitrogens with two attached hydrogens (primary N) is 1. The van der Waals surface area contributed by atoms with Crippen molar-refractivity contribution in [2.45, 2.75) is 4.90 Å². The van der Waals surface area contributed by atoms with Gasteiger partial charge >= 0.3 is 0 Å². The van der Waals surface area contributed by atoms with E-state index in [1.165, 1.54) is 12.1 Å². The molecule has 17 heavy (non-hydrogen) atoms. The molecule has 0 fully saturated rings. The van der Waals surface area contributed by atoms with E-state index in [2.05, 4.69) is 0 Å². The molecule has 1 aromatic rings. The fraction of sp³-hybridized carbons (Fsp3) is 0.200. The summed E-state index contributed by atoms with van der Waals surface area (Å²) in [6, 6.07) is 4.70. The van der Waals surface area contributed by atoms with Crippen molar-refractivity contribution in [3.63, 3.8) is 0 Å². The molecule has 0 amide bonds. The molecule has 0 atom stereocenters. The molecule has 0 bridgehead atoms. The van der Waals surface area contributed by atoms with Crippen molar-refractivity contribution in [3.8, 4) is 0 Å². The molecular weight excluding hydrogens is 262 g/mol. The lowest BCUT2D eigenvalue weighted by atomic mass is 10.2. The van der Waals surface area contributed by atoms with Gasteiger partial charge in [0.2, 0.25) is 9.84 Å². The minimum absolute atomic E-state index is 0.0126. The molecule has 0 saturated heterocycles. The Morgan fingerprint density at radius 2 is 1.94 bits per heavy atom. The van der Waals surface area contributed by atoms with Gasteiger partial charge in [-0.15, -0.1) is 0 Å². The molecule has 1 aromatic carbocycles. The lowest BCUT2D eigenvalue weighted by molar-refractivity contribution is 0.597. The van der Waals surface area contributed by atoms with E-state index in [1.54, 1.807) is 12.1 Å². The van der Waals surface area contributed by atoms with Gasteiger partial charge in [-0.1, -0.05) is 12.1 Å². The van der Waals surface area contributed by atoms with Gasteiger partial charge in [-0.3, -0.25) is 0 Å². The Morgan fingerprint density at radius 3 is 2.47 bits per heavy atom. The van der Waals surface area contributed by atoms with Crippen LogP contribution < -0.4 is 5.73 Å². The van der Waals surface area contributed by atoms with E-state index < -0.39 is 25.4 Å². The number of anilines is 1. The van der Waals surface area contributed by atoms with Gasteiger partial charge in [-0.25, -0.2) is 16.8 Å². The number of sulfone groups is 2. The maximum atomic E-state index is 12.1. The Labute approximate surface area is 99.8 Å². The van der Waals surface area contributed by atoms with Gasteiger partial charge < -0.3 is 5.73 Å². The minimum atomic E-state index is -3.75. The van der Waals surface area contributed by atoms with Gasteiger partial charge in [0.15, 0.2) is 9.84 Å². The fourth-order valence-electron chi connectivity index (χ4n) is 1.76. The smallest absolute Gasteiger partial charge is 0.206 e. The van der Waals surface area contributed by atoms with E-state index in [9.17, 15) is 16.8 Å². The summed E-state index contributed by atoms with van der Waals surface area (Å²) in [5.74, 6) is -0.497. The zero-order valence-electron chi connectivity index (χ0n) is 9.04. The van der Waals surface area contributed by atoms with Crippen molar-refractivity contribution in [3.05, 3.63) is 28.7 Å². The number of benzene rings is 1. The van der Waals surface area contributed by atoms with E-state index >= 15 is 0 Å². The Kier molecular flexibility index (Phi) is 2.55. The van der Waals surface area contributed by atoms with Gasteiger partial charge in [-0.2, -0.15) is 0 Å². The first-order valence-electron chi connectivity index (χ1n) is 4.74. The van der Waals surface area contributed by atoms with Gasteiger partial charge in [0.25, 0.3) is 0 Å². The molecule has 2 rings (SSSR count). The summed E-state index contributed by atoms with van der Waals surface area (Å²) in [5.41, 5.74) is 6.20. The lowest BCUT2D eigenvalue weighted by Gasteiger charge is -2.05. The second-order valence-corrected chi connectivity index (χ2v) is 8.03. The molecule has 1 aliphatic rings. The van der Waals surface area contributed by atoms with Crippen LogP contribution in [-0.4, -0.2) is 28.8 Å². The highest BCUT2D eigenvalue weighted by atomic mass is 32.2. The molecule has 2 N–H and O–H groups in total. The first-order chi connectivity index (χ1) is 7.72. The minimum Gasteiger partial charge on any atom is -0.398 e. The Hall–Kier alpha value is -1.34. The summed E-state index contributed by atoms with van der Waals surface area (Å²) in [6.45, 7) is 0. The molecule has 0 radical (unpaired) electrons. The van der Waals surface area contributed by atoms with Crippen LogP contribution >= 0.6 is 0 Å². The highest BCUT2D eigenvalue weighted by Crippen LogP contribution is 2.36. The SMILES string of the molecule is CS(=O)(=O)CC1=Cc2cccc(N)c2S1(=O)=O. The van der Waals surface area contributed by atoms with Crippen molar-refractivity contribution in [1.82, 2.24) is 0 Å². The topological polar surface area (TPSA) is 94.3 Å². The molecule has 0 aliphatic carbocycles. The first kappa shape index (κ1) is 12.1. The summed E-state index contributed by atoms with van der Waals surface area (Å²) in [4.78, 5) is -0.105. The van der Waals surface area contributed by atoms with Crippen LogP contribution in [-0.2, 0) is 19.7 Å². The second-order valence-electron chi connectivity index (χ2n) is 3.95.